The first-order valence-corrected chi connectivity index (χ1v) is 4.98. The average Bonchev–Trinajstić information content (AvgIpc) is 2.18. The standard InChI is InChI=1S/C7H9N3O3S.Na/c11-7(10-9-5-14(12)13)6-1-3-8-4-2-6;/h1-4,9H,5H2,(H,10,11)(H,12,13);. The van der Waals surface area contributed by atoms with Crippen LogP contribution < -0.4 is 10.9 Å². The van der Waals surface area contributed by atoms with E-state index in [9.17, 15) is 9.00 Å². The van der Waals surface area contributed by atoms with Crippen LogP contribution in [0.3, 0.4) is 0 Å². The van der Waals surface area contributed by atoms with Crippen molar-refractivity contribution >= 4 is 46.5 Å². The predicted octanol–water partition coefficient (Wildman–Crippen LogP) is -0.886. The van der Waals surface area contributed by atoms with Gasteiger partial charge in [-0.05, 0) is 12.1 Å². The van der Waals surface area contributed by atoms with Crippen LogP contribution in [0.25, 0.3) is 0 Å². The molecular formula is C7H9N3NaO3S. The molecule has 1 unspecified atom stereocenters. The molecule has 0 aromatic carbocycles. The fourth-order valence-electron chi connectivity index (χ4n) is 0.754. The number of nitrogens with one attached hydrogen (secondary N) is 2. The van der Waals surface area contributed by atoms with Crippen LogP contribution >= 0.6 is 0 Å². The normalized spacial score (nSPS) is 11.3. The number of aromatic nitrogens is 1. The second-order valence-electron chi connectivity index (χ2n) is 2.33. The smallest absolute Gasteiger partial charge is 0.265 e. The molecule has 1 aromatic rings. The minimum atomic E-state index is -1.98. The third-order valence-electron chi connectivity index (χ3n) is 1.34. The van der Waals surface area contributed by atoms with Crippen molar-refractivity contribution in [1.29, 1.82) is 0 Å². The molecule has 8 heteroatoms. The Balaban J connectivity index is 0.00000196. The van der Waals surface area contributed by atoms with E-state index < -0.39 is 11.1 Å². The average molecular weight is 238 g/mol. The van der Waals surface area contributed by atoms with Crippen molar-refractivity contribution in [2.24, 2.45) is 0 Å². The molecular weight excluding hydrogens is 229 g/mol. The Morgan fingerprint density at radius 2 is 2.07 bits per heavy atom. The minimum Gasteiger partial charge on any atom is -0.305 e. The number of nitrogens with zero attached hydrogens (tertiary/aromatic N) is 1. The van der Waals surface area contributed by atoms with Crippen molar-refractivity contribution in [3.63, 3.8) is 0 Å². The predicted molar refractivity (Wildman–Crippen MR) is 56.2 cm³/mol. The molecule has 0 bridgehead atoms. The summed E-state index contributed by atoms with van der Waals surface area (Å²) in [5, 5.41) is 0. The Morgan fingerprint density at radius 3 is 2.60 bits per heavy atom. The molecule has 6 nitrogen and oxygen atoms in total. The van der Waals surface area contributed by atoms with Crippen LogP contribution in [-0.4, -0.2) is 55.1 Å². The first-order chi connectivity index (χ1) is 6.70. The van der Waals surface area contributed by atoms with Crippen LogP contribution in [0.4, 0.5) is 0 Å². The van der Waals surface area contributed by atoms with Gasteiger partial charge in [-0.25, -0.2) is 9.63 Å². The van der Waals surface area contributed by atoms with Crippen LogP contribution in [-0.2, 0) is 11.1 Å². The van der Waals surface area contributed by atoms with Gasteiger partial charge < -0.3 is 4.55 Å². The largest absolute Gasteiger partial charge is 0.305 e. The Hall–Kier alpha value is -0.310. The van der Waals surface area contributed by atoms with Crippen molar-refractivity contribution < 1.29 is 13.6 Å². The topological polar surface area (TPSA) is 91.3 Å². The molecule has 0 saturated carbocycles. The number of pyridine rings is 1. The van der Waals surface area contributed by atoms with E-state index >= 15 is 0 Å². The number of hydrogen-bond donors (Lipinski definition) is 3. The van der Waals surface area contributed by atoms with E-state index in [1.54, 1.807) is 0 Å². The Bertz CT molecular complexity index is 336. The van der Waals surface area contributed by atoms with E-state index in [1.807, 2.05) is 0 Å². The zero-order valence-electron chi connectivity index (χ0n) is 8.14. The van der Waals surface area contributed by atoms with Gasteiger partial charge in [0.15, 0.2) is 11.1 Å². The van der Waals surface area contributed by atoms with Gasteiger partial charge in [0, 0.05) is 47.5 Å². The van der Waals surface area contributed by atoms with E-state index in [0.29, 0.717) is 5.56 Å². The molecule has 3 N–H and O–H groups in total. The van der Waals surface area contributed by atoms with Gasteiger partial charge >= 0.3 is 0 Å². The SMILES string of the molecule is O=C(NNCS(=O)O)c1ccncc1.[Na]. The Morgan fingerprint density at radius 1 is 1.47 bits per heavy atom. The van der Waals surface area contributed by atoms with Gasteiger partial charge in [-0.2, -0.15) is 0 Å². The van der Waals surface area contributed by atoms with Gasteiger partial charge in [-0.15, -0.1) is 0 Å². The number of amides is 1. The molecule has 0 aliphatic carbocycles. The summed E-state index contributed by atoms with van der Waals surface area (Å²) in [7, 11) is 0. The summed E-state index contributed by atoms with van der Waals surface area (Å²) in [6, 6.07) is 3.07. The van der Waals surface area contributed by atoms with Gasteiger partial charge in [0.2, 0.25) is 0 Å². The summed E-state index contributed by atoms with van der Waals surface area (Å²) in [6.45, 7) is 0. The Kier molecular flexibility index (Phi) is 7.75. The minimum absolute atomic E-state index is 0. The van der Waals surface area contributed by atoms with Crippen molar-refractivity contribution in [2.75, 3.05) is 5.88 Å². The summed E-state index contributed by atoms with van der Waals surface area (Å²) in [5.74, 6) is -0.588. The second kappa shape index (κ2) is 7.91. The van der Waals surface area contributed by atoms with Crippen molar-refractivity contribution in [3.8, 4) is 0 Å². The third-order valence-corrected chi connectivity index (χ3v) is 1.73. The number of rotatable bonds is 4. The summed E-state index contributed by atoms with van der Waals surface area (Å²) in [5.41, 5.74) is 5.00. The molecule has 1 atom stereocenters. The van der Waals surface area contributed by atoms with Gasteiger partial charge in [-0.1, -0.05) is 0 Å². The van der Waals surface area contributed by atoms with Crippen molar-refractivity contribution in [1.82, 2.24) is 15.8 Å². The maximum absolute atomic E-state index is 11.2. The van der Waals surface area contributed by atoms with Crippen LogP contribution in [0.5, 0.6) is 0 Å². The van der Waals surface area contributed by atoms with E-state index in [0.717, 1.165) is 0 Å². The molecule has 0 fully saturated rings. The van der Waals surface area contributed by atoms with Gasteiger partial charge in [0.05, 0.1) is 0 Å². The van der Waals surface area contributed by atoms with E-state index in [-0.39, 0.29) is 41.3 Å². The van der Waals surface area contributed by atoms with E-state index in [1.165, 1.54) is 24.5 Å². The number of carbonyl (C=O) groups is 1. The molecule has 0 aliphatic rings. The molecule has 1 aromatic heterocycles. The van der Waals surface area contributed by atoms with Gasteiger partial charge in [0.1, 0.15) is 5.88 Å². The summed E-state index contributed by atoms with van der Waals surface area (Å²) >= 11 is -1.98. The number of carbonyl (C=O) groups excluding carboxylic acids is 1. The van der Waals surface area contributed by atoms with Gasteiger partial charge in [0.25, 0.3) is 5.91 Å². The fraction of sp³-hybridized carbons (Fsp3) is 0.143. The molecule has 0 saturated heterocycles. The number of hydrogen-bond acceptors (Lipinski definition) is 4. The van der Waals surface area contributed by atoms with Crippen LogP contribution in [0.15, 0.2) is 24.5 Å². The molecule has 77 valence electrons. The zero-order valence-corrected chi connectivity index (χ0v) is 11.0. The van der Waals surface area contributed by atoms with Crippen LogP contribution in [0.1, 0.15) is 10.4 Å². The first kappa shape index (κ1) is 14.7. The van der Waals surface area contributed by atoms with E-state index in [4.69, 9.17) is 4.55 Å². The third kappa shape index (κ3) is 5.98. The monoisotopic (exact) mass is 238 g/mol. The Labute approximate surface area is 111 Å². The van der Waals surface area contributed by atoms with Crippen molar-refractivity contribution in [3.05, 3.63) is 30.1 Å². The van der Waals surface area contributed by atoms with Crippen LogP contribution in [0, 0.1) is 0 Å². The van der Waals surface area contributed by atoms with Crippen LogP contribution in [0.2, 0.25) is 0 Å². The molecule has 1 amide bonds. The molecule has 0 aliphatic heterocycles. The van der Waals surface area contributed by atoms with Gasteiger partial charge in [-0.3, -0.25) is 15.2 Å². The summed E-state index contributed by atoms with van der Waals surface area (Å²) < 4.78 is 18.6. The van der Waals surface area contributed by atoms with Crippen molar-refractivity contribution in [2.45, 2.75) is 0 Å². The maximum Gasteiger partial charge on any atom is 0.265 e. The molecule has 1 heterocycles. The zero-order chi connectivity index (χ0) is 10.4. The summed E-state index contributed by atoms with van der Waals surface area (Å²) in [6.07, 6.45) is 2.97. The summed E-state index contributed by atoms with van der Waals surface area (Å²) in [4.78, 5) is 15.0. The quantitative estimate of drug-likeness (QED) is 0.360. The molecule has 1 radical (unpaired) electrons. The first-order valence-electron chi connectivity index (χ1n) is 3.71. The maximum atomic E-state index is 11.2. The number of hydrazine groups is 1. The molecule has 1 rings (SSSR count). The second-order valence-corrected chi connectivity index (χ2v) is 3.26. The van der Waals surface area contributed by atoms with E-state index in [2.05, 4.69) is 15.8 Å². The molecule has 15 heavy (non-hydrogen) atoms. The molecule has 0 spiro atoms. The fourth-order valence-corrected chi connectivity index (χ4v) is 0.949.